The third-order valence-corrected chi connectivity index (χ3v) is 3.07. The number of halogens is 2. The van der Waals surface area contributed by atoms with Crippen LogP contribution in [0.5, 0.6) is 0 Å². The molecule has 3 rings (SSSR count). The first-order valence-electron chi connectivity index (χ1n) is 5.74. The maximum absolute atomic E-state index is 4.53. The van der Waals surface area contributed by atoms with Gasteiger partial charge in [-0.3, -0.25) is 0 Å². The van der Waals surface area contributed by atoms with Gasteiger partial charge in [-0.15, -0.1) is 24.8 Å². The average molecular weight is 286 g/mol. The molecule has 0 atom stereocenters. The van der Waals surface area contributed by atoms with E-state index >= 15 is 0 Å². The molecule has 5 heteroatoms. The van der Waals surface area contributed by atoms with Crippen LogP contribution >= 0.6 is 24.8 Å². The van der Waals surface area contributed by atoms with Crippen LogP contribution in [0.25, 0.3) is 10.8 Å². The van der Waals surface area contributed by atoms with Crippen molar-refractivity contribution in [3.8, 4) is 0 Å². The molecular formula is C13H17Cl2N3. The minimum atomic E-state index is 0. The van der Waals surface area contributed by atoms with Gasteiger partial charge >= 0.3 is 0 Å². The number of aromatic nitrogens is 1. The Hall–Kier alpha value is -1.03. The van der Waals surface area contributed by atoms with Crippen molar-refractivity contribution in [2.75, 3.05) is 31.1 Å². The molecule has 1 aromatic carbocycles. The van der Waals surface area contributed by atoms with Crippen molar-refractivity contribution in [3.05, 3.63) is 36.5 Å². The highest BCUT2D eigenvalue weighted by Crippen LogP contribution is 2.23. The maximum Gasteiger partial charge on any atom is 0.136 e. The lowest BCUT2D eigenvalue weighted by Gasteiger charge is -2.29. The van der Waals surface area contributed by atoms with Gasteiger partial charge in [-0.05, 0) is 11.5 Å². The first kappa shape index (κ1) is 15.0. The van der Waals surface area contributed by atoms with E-state index in [1.54, 1.807) is 0 Å². The van der Waals surface area contributed by atoms with Crippen LogP contribution in [0, 0.1) is 0 Å². The number of rotatable bonds is 1. The number of hydrogen-bond acceptors (Lipinski definition) is 3. The van der Waals surface area contributed by atoms with E-state index in [0.29, 0.717) is 0 Å². The summed E-state index contributed by atoms with van der Waals surface area (Å²) < 4.78 is 0. The monoisotopic (exact) mass is 285 g/mol. The lowest BCUT2D eigenvalue weighted by molar-refractivity contribution is 0.586. The van der Waals surface area contributed by atoms with E-state index in [2.05, 4.69) is 45.5 Å². The molecule has 0 amide bonds. The zero-order valence-corrected chi connectivity index (χ0v) is 11.6. The van der Waals surface area contributed by atoms with Crippen molar-refractivity contribution in [2.24, 2.45) is 0 Å². The average Bonchev–Trinajstić information content (AvgIpc) is 2.39. The number of benzene rings is 1. The summed E-state index contributed by atoms with van der Waals surface area (Å²) in [5.41, 5.74) is 0. The van der Waals surface area contributed by atoms with Gasteiger partial charge in [0.15, 0.2) is 0 Å². The third kappa shape index (κ3) is 2.86. The van der Waals surface area contributed by atoms with Crippen LogP contribution < -0.4 is 10.2 Å². The third-order valence-electron chi connectivity index (χ3n) is 3.07. The molecule has 0 aliphatic carbocycles. The normalized spacial score (nSPS) is 14.8. The molecule has 2 aromatic rings. The predicted molar refractivity (Wildman–Crippen MR) is 81.3 cm³/mol. The van der Waals surface area contributed by atoms with Crippen LogP contribution in [-0.2, 0) is 0 Å². The predicted octanol–water partition coefficient (Wildman–Crippen LogP) is 2.49. The second-order valence-corrected chi connectivity index (χ2v) is 4.09. The highest BCUT2D eigenvalue weighted by molar-refractivity contribution is 5.92. The Morgan fingerprint density at radius 2 is 1.72 bits per heavy atom. The summed E-state index contributed by atoms with van der Waals surface area (Å²) in [6.45, 7) is 4.18. The quantitative estimate of drug-likeness (QED) is 0.873. The number of nitrogens with one attached hydrogen (secondary N) is 1. The summed E-state index contributed by atoms with van der Waals surface area (Å²) in [5.74, 6) is 1.12. The second kappa shape index (κ2) is 6.78. The van der Waals surface area contributed by atoms with E-state index in [9.17, 15) is 0 Å². The van der Waals surface area contributed by atoms with Crippen molar-refractivity contribution < 1.29 is 0 Å². The smallest absolute Gasteiger partial charge is 0.136 e. The van der Waals surface area contributed by atoms with E-state index in [1.165, 1.54) is 10.8 Å². The van der Waals surface area contributed by atoms with Gasteiger partial charge in [0, 0.05) is 37.8 Å². The number of piperazine rings is 1. The van der Waals surface area contributed by atoms with E-state index in [4.69, 9.17) is 0 Å². The van der Waals surface area contributed by atoms with Gasteiger partial charge in [-0.1, -0.05) is 24.3 Å². The van der Waals surface area contributed by atoms with Crippen LogP contribution in [0.15, 0.2) is 36.5 Å². The van der Waals surface area contributed by atoms with Crippen LogP contribution in [-0.4, -0.2) is 31.2 Å². The number of nitrogens with zero attached hydrogens (tertiary/aromatic N) is 2. The Bertz CT molecular complexity index is 493. The Morgan fingerprint density at radius 1 is 1.00 bits per heavy atom. The van der Waals surface area contributed by atoms with E-state index in [-0.39, 0.29) is 24.8 Å². The van der Waals surface area contributed by atoms with Crippen molar-refractivity contribution in [2.45, 2.75) is 0 Å². The largest absolute Gasteiger partial charge is 0.354 e. The molecule has 98 valence electrons. The number of hydrogen-bond donors (Lipinski definition) is 1. The molecule has 1 aliphatic rings. The highest BCUT2D eigenvalue weighted by atomic mass is 35.5. The lowest BCUT2D eigenvalue weighted by atomic mass is 10.1. The van der Waals surface area contributed by atoms with Gasteiger partial charge in [-0.2, -0.15) is 0 Å². The van der Waals surface area contributed by atoms with Crippen molar-refractivity contribution >= 4 is 41.4 Å². The zero-order valence-electron chi connectivity index (χ0n) is 10.0. The Kier molecular flexibility index (Phi) is 5.66. The number of anilines is 1. The highest BCUT2D eigenvalue weighted by Gasteiger charge is 2.13. The SMILES string of the molecule is Cl.Cl.c1ccc2c(N3CCNCC3)nccc2c1. The van der Waals surface area contributed by atoms with Crippen LogP contribution in [0.1, 0.15) is 0 Å². The Balaban J connectivity index is 0.000000810. The first-order chi connectivity index (χ1) is 7.95. The minimum absolute atomic E-state index is 0. The van der Waals surface area contributed by atoms with Crippen molar-refractivity contribution in [3.63, 3.8) is 0 Å². The summed E-state index contributed by atoms with van der Waals surface area (Å²) >= 11 is 0. The van der Waals surface area contributed by atoms with Crippen LogP contribution in [0.2, 0.25) is 0 Å². The summed E-state index contributed by atoms with van der Waals surface area (Å²) in [6.07, 6.45) is 1.90. The van der Waals surface area contributed by atoms with E-state index in [0.717, 1.165) is 32.0 Å². The van der Waals surface area contributed by atoms with Gasteiger partial charge in [-0.25, -0.2) is 4.98 Å². The Labute approximate surface area is 119 Å². The molecule has 3 nitrogen and oxygen atoms in total. The molecule has 1 saturated heterocycles. The van der Waals surface area contributed by atoms with Gasteiger partial charge < -0.3 is 10.2 Å². The van der Waals surface area contributed by atoms with Gasteiger partial charge in [0.25, 0.3) is 0 Å². The standard InChI is InChI=1S/C13H15N3.2ClH/c1-2-4-12-11(3-1)5-6-15-13(12)16-9-7-14-8-10-16;;/h1-6,14H,7-10H2;2*1H. The number of pyridine rings is 1. The first-order valence-corrected chi connectivity index (χ1v) is 5.74. The molecule has 0 radical (unpaired) electrons. The fraction of sp³-hybridized carbons (Fsp3) is 0.308. The molecule has 18 heavy (non-hydrogen) atoms. The van der Waals surface area contributed by atoms with E-state index < -0.39 is 0 Å². The molecule has 0 saturated carbocycles. The number of fused-ring (bicyclic) bond motifs is 1. The van der Waals surface area contributed by atoms with Crippen molar-refractivity contribution in [1.82, 2.24) is 10.3 Å². The molecule has 1 N–H and O–H groups in total. The topological polar surface area (TPSA) is 28.2 Å². The molecular weight excluding hydrogens is 269 g/mol. The minimum Gasteiger partial charge on any atom is -0.354 e. The lowest BCUT2D eigenvalue weighted by Crippen LogP contribution is -2.43. The van der Waals surface area contributed by atoms with Crippen molar-refractivity contribution in [1.29, 1.82) is 0 Å². The summed E-state index contributed by atoms with van der Waals surface area (Å²) in [5, 5.41) is 5.89. The maximum atomic E-state index is 4.53. The zero-order chi connectivity index (χ0) is 10.8. The van der Waals surface area contributed by atoms with Gasteiger partial charge in [0.05, 0.1) is 0 Å². The molecule has 0 bridgehead atoms. The molecule has 0 unspecified atom stereocenters. The summed E-state index contributed by atoms with van der Waals surface area (Å²) in [4.78, 5) is 6.89. The van der Waals surface area contributed by atoms with Gasteiger partial charge in [0.1, 0.15) is 5.82 Å². The molecule has 0 spiro atoms. The van der Waals surface area contributed by atoms with E-state index in [1.807, 2.05) is 6.20 Å². The summed E-state index contributed by atoms with van der Waals surface area (Å²) in [7, 11) is 0. The molecule has 1 aliphatic heterocycles. The fourth-order valence-corrected chi connectivity index (χ4v) is 2.23. The second-order valence-electron chi connectivity index (χ2n) is 4.09. The summed E-state index contributed by atoms with van der Waals surface area (Å²) in [6, 6.07) is 10.5. The van der Waals surface area contributed by atoms with Crippen LogP contribution in [0.3, 0.4) is 0 Å². The van der Waals surface area contributed by atoms with Crippen LogP contribution in [0.4, 0.5) is 5.82 Å². The Morgan fingerprint density at radius 3 is 2.50 bits per heavy atom. The van der Waals surface area contributed by atoms with Gasteiger partial charge in [0.2, 0.25) is 0 Å². The molecule has 2 heterocycles. The fourth-order valence-electron chi connectivity index (χ4n) is 2.23. The molecule has 1 aromatic heterocycles. The molecule has 1 fully saturated rings.